The van der Waals surface area contributed by atoms with Gasteiger partial charge in [-0.3, -0.25) is 0 Å². The molecule has 3 rings (SSSR count). The zero-order chi connectivity index (χ0) is 15.5. The molecular formula is C20H38. The van der Waals surface area contributed by atoms with Gasteiger partial charge in [-0.1, -0.05) is 77.2 Å². The maximum absolute atomic E-state index is 2.42. The molecule has 0 aliphatic heterocycles. The molecule has 118 valence electrons. The summed E-state index contributed by atoms with van der Waals surface area (Å²) in [5.41, 5.74) is 3.32. The van der Waals surface area contributed by atoms with Crippen LogP contribution in [0.2, 0.25) is 0 Å². The van der Waals surface area contributed by atoms with E-state index in [2.05, 4.69) is 32.9 Å². The molecule has 0 spiro atoms. The maximum Gasteiger partial charge on any atom is -0.0135 e. The highest BCUT2D eigenvalue weighted by Crippen LogP contribution is 2.44. The van der Waals surface area contributed by atoms with Crippen molar-refractivity contribution in [1.29, 1.82) is 0 Å². The highest BCUT2D eigenvalue weighted by molar-refractivity contribution is 5.28. The summed E-state index contributed by atoms with van der Waals surface area (Å²) >= 11 is 0. The molecule has 0 heterocycles. The van der Waals surface area contributed by atoms with Gasteiger partial charge in [-0.2, -0.15) is 0 Å². The van der Waals surface area contributed by atoms with Crippen LogP contribution in [0, 0.1) is 17.8 Å². The molecule has 1 saturated carbocycles. The molecule has 0 bridgehead atoms. The number of rotatable bonds is 2. The van der Waals surface area contributed by atoms with Gasteiger partial charge in [0, 0.05) is 0 Å². The van der Waals surface area contributed by atoms with Gasteiger partial charge in [0.1, 0.15) is 0 Å². The quantitative estimate of drug-likeness (QED) is 0.470. The van der Waals surface area contributed by atoms with Crippen molar-refractivity contribution in [3.05, 3.63) is 23.3 Å². The van der Waals surface area contributed by atoms with E-state index in [-0.39, 0.29) is 0 Å². The Morgan fingerprint density at radius 3 is 1.85 bits per heavy atom. The van der Waals surface area contributed by atoms with Crippen molar-refractivity contribution in [1.82, 2.24) is 0 Å². The summed E-state index contributed by atoms with van der Waals surface area (Å²) in [4.78, 5) is 0. The van der Waals surface area contributed by atoms with Crippen molar-refractivity contribution >= 4 is 0 Å². The van der Waals surface area contributed by atoms with Crippen LogP contribution in [0.1, 0.15) is 87.0 Å². The standard InChI is InChI=1S/C13H20.C3H6.2C2H6/c1-9-10(2)13(11(9)3)8-12-6-4-5-7-12;1-2-3-1;2*1-2/h4,6,10,12-13H,5,7-8H2,1-3H3;1-3H2;2*1-2H3. The second-order valence-electron chi connectivity index (χ2n) is 5.82. The molecule has 3 aliphatic rings. The predicted molar refractivity (Wildman–Crippen MR) is 94.1 cm³/mol. The lowest BCUT2D eigenvalue weighted by molar-refractivity contribution is 0.329. The molecule has 3 aliphatic carbocycles. The van der Waals surface area contributed by atoms with Gasteiger partial charge in [0.25, 0.3) is 0 Å². The molecule has 0 nitrogen and oxygen atoms in total. The van der Waals surface area contributed by atoms with Crippen LogP contribution in [-0.4, -0.2) is 0 Å². The maximum atomic E-state index is 2.42. The summed E-state index contributed by atoms with van der Waals surface area (Å²) in [6, 6.07) is 0. The third-order valence-electron chi connectivity index (χ3n) is 4.49. The highest BCUT2D eigenvalue weighted by atomic mass is 14.4. The monoisotopic (exact) mass is 278 g/mol. The van der Waals surface area contributed by atoms with Crippen molar-refractivity contribution in [2.75, 3.05) is 0 Å². The molecule has 0 radical (unpaired) electrons. The Morgan fingerprint density at radius 1 is 0.950 bits per heavy atom. The largest absolute Gasteiger partial charge is 0.0882 e. The molecule has 0 aromatic rings. The van der Waals surface area contributed by atoms with Gasteiger partial charge in [0.15, 0.2) is 0 Å². The minimum atomic E-state index is 0.856. The Balaban J connectivity index is 0.000000435. The lowest BCUT2D eigenvalue weighted by Crippen LogP contribution is -2.27. The summed E-state index contributed by atoms with van der Waals surface area (Å²) in [6.07, 6.45) is 13.4. The SMILES string of the molecule is C1CC1.CC.CC.CC1=C(C)C(CC2C=CCC2)C1C. The Kier molecular flexibility index (Phi) is 10.9. The first kappa shape index (κ1) is 19.5. The van der Waals surface area contributed by atoms with Gasteiger partial charge < -0.3 is 0 Å². The van der Waals surface area contributed by atoms with Crippen molar-refractivity contribution in [3.8, 4) is 0 Å². The summed E-state index contributed by atoms with van der Waals surface area (Å²) < 4.78 is 0. The smallest absolute Gasteiger partial charge is 0.0135 e. The van der Waals surface area contributed by atoms with E-state index in [1.807, 2.05) is 27.7 Å². The van der Waals surface area contributed by atoms with E-state index in [0.717, 1.165) is 17.8 Å². The van der Waals surface area contributed by atoms with Gasteiger partial charge in [-0.05, 0) is 50.9 Å². The van der Waals surface area contributed by atoms with Gasteiger partial charge in [-0.15, -0.1) is 0 Å². The molecular weight excluding hydrogens is 240 g/mol. The number of hydrogen-bond acceptors (Lipinski definition) is 0. The number of hydrogen-bond donors (Lipinski definition) is 0. The normalized spacial score (nSPS) is 29.1. The van der Waals surface area contributed by atoms with Crippen molar-refractivity contribution in [2.45, 2.75) is 87.0 Å². The van der Waals surface area contributed by atoms with Crippen molar-refractivity contribution in [2.24, 2.45) is 17.8 Å². The van der Waals surface area contributed by atoms with Crippen LogP contribution in [0.15, 0.2) is 23.3 Å². The van der Waals surface area contributed by atoms with Crippen LogP contribution in [-0.2, 0) is 0 Å². The third-order valence-corrected chi connectivity index (χ3v) is 4.49. The zero-order valence-electron chi connectivity index (χ0n) is 15.1. The van der Waals surface area contributed by atoms with Crippen LogP contribution < -0.4 is 0 Å². The summed E-state index contributed by atoms with van der Waals surface area (Å²) in [5, 5.41) is 0. The van der Waals surface area contributed by atoms with Crippen molar-refractivity contribution in [3.63, 3.8) is 0 Å². The average molecular weight is 279 g/mol. The Bertz CT molecular complexity index is 290. The van der Waals surface area contributed by atoms with E-state index in [1.165, 1.54) is 38.5 Å². The Morgan fingerprint density at radius 2 is 1.50 bits per heavy atom. The van der Waals surface area contributed by atoms with Gasteiger partial charge in [0.2, 0.25) is 0 Å². The molecule has 20 heavy (non-hydrogen) atoms. The number of allylic oxidation sites excluding steroid dienone is 4. The fourth-order valence-electron chi connectivity index (χ4n) is 2.83. The molecule has 3 unspecified atom stereocenters. The summed E-state index contributed by atoms with van der Waals surface area (Å²) in [5.74, 6) is 2.64. The first-order valence-corrected chi connectivity index (χ1v) is 9.04. The molecule has 0 heteroatoms. The molecule has 0 amide bonds. The topological polar surface area (TPSA) is 0 Å². The summed E-state index contributed by atoms with van der Waals surface area (Å²) in [7, 11) is 0. The molecule has 0 saturated heterocycles. The minimum Gasteiger partial charge on any atom is -0.0882 e. The fourth-order valence-corrected chi connectivity index (χ4v) is 2.83. The van der Waals surface area contributed by atoms with Crippen LogP contribution in [0.4, 0.5) is 0 Å². The lowest BCUT2D eigenvalue weighted by atomic mass is 9.67. The fraction of sp³-hybridized carbons (Fsp3) is 0.800. The van der Waals surface area contributed by atoms with Crippen molar-refractivity contribution < 1.29 is 0 Å². The average Bonchev–Trinajstić information content (AvgIpc) is 3.33. The zero-order valence-corrected chi connectivity index (χ0v) is 15.1. The van der Waals surface area contributed by atoms with Crippen LogP contribution in [0.3, 0.4) is 0 Å². The van der Waals surface area contributed by atoms with E-state index in [9.17, 15) is 0 Å². The van der Waals surface area contributed by atoms with Crippen LogP contribution in [0.25, 0.3) is 0 Å². The second-order valence-corrected chi connectivity index (χ2v) is 5.82. The molecule has 0 aromatic heterocycles. The van der Waals surface area contributed by atoms with E-state index in [4.69, 9.17) is 0 Å². The minimum absolute atomic E-state index is 0.856. The van der Waals surface area contributed by atoms with E-state index < -0.39 is 0 Å². The van der Waals surface area contributed by atoms with Crippen LogP contribution >= 0.6 is 0 Å². The highest BCUT2D eigenvalue weighted by Gasteiger charge is 2.32. The third kappa shape index (κ3) is 6.29. The molecule has 3 atom stereocenters. The van der Waals surface area contributed by atoms with E-state index >= 15 is 0 Å². The molecule has 0 aromatic carbocycles. The van der Waals surface area contributed by atoms with Gasteiger partial charge in [0.05, 0.1) is 0 Å². The van der Waals surface area contributed by atoms with Gasteiger partial charge in [-0.25, -0.2) is 0 Å². The van der Waals surface area contributed by atoms with E-state index in [1.54, 1.807) is 11.1 Å². The van der Waals surface area contributed by atoms with E-state index in [0.29, 0.717) is 0 Å². The second kappa shape index (κ2) is 11.2. The Hall–Kier alpha value is -0.520. The first-order chi connectivity index (χ1) is 9.70. The van der Waals surface area contributed by atoms with Crippen LogP contribution in [0.5, 0.6) is 0 Å². The van der Waals surface area contributed by atoms with Gasteiger partial charge >= 0.3 is 0 Å². The predicted octanol–water partition coefficient (Wildman–Crippen LogP) is 7.17. The molecule has 1 fully saturated rings. The molecule has 0 N–H and O–H groups in total. The lowest BCUT2D eigenvalue weighted by Gasteiger charge is -2.38. The first-order valence-electron chi connectivity index (χ1n) is 9.04. The Labute approximate surface area is 128 Å². The summed E-state index contributed by atoms with van der Waals surface area (Å²) in [6.45, 7) is 15.0.